The second kappa shape index (κ2) is 5.81. The van der Waals surface area contributed by atoms with Gasteiger partial charge < -0.3 is 14.9 Å². The number of likely N-dealkylation sites (tertiary alicyclic amines) is 1. The number of nitrogens with one attached hydrogen (secondary N) is 1. The summed E-state index contributed by atoms with van der Waals surface area (Å²) < 4.78 is 32.1. The minimum atomic E-state index is -2.50. The van der Waals surface area contributed by atoms with Gasteiger partial charge in [-0.3, -0.25) is 4.90 Å². The lowest BCUT2D eigenvalue weighted by molar-refractivity contribution is -0.0696. The summed E-state index contributed by atoms with van der Waals surface area (Å²) in [5.74, 6) is -1.56. The number of ether oxygens (including phenoxy) is 1. The van der Waals surface area contributed by atoms with Gasteiger partial charge in [0, 0.05) is 39.0 Å². The van der Waals surface area contributed by atoms with Gasteiger partial charge >= 0.3 is 0 Å². The Balaban J connectivity index is 1.48. The maximum Gasteiger partial charge on any atom is 0.250 e. The van der Waals surface area contributed by atoms with E-state index in [4.69, 9.17) is 9.57 Å². The molecule has 0 aromatic carbocycles. The zero-order valence-electron chi connectivity index (χ0n) is 11.5. The molecule has 3 rings (SSSR count). The molecule has 114 valence electrons. The quantitative estimate of drug-likeness (QED) is 0.844. The van der Waals surface area contributed by atoms with E-state index in [1.165, 1.54) is 0 Å². The summed E-state index contributed by atoms with van der Waals surface area (Å²) in [6.45, 7) is 3.71. The summed E-state index contributed by atoms with van der Waals surface area (Å²) >= 11 is 0. The Kier molecular flexibility index (Phi) is 4.07. The fourth-order valence-electron chi connectivity index (χ4n) is 2.89. The molecule has 2 unspecified atom stereocenters. The Morgan fingerprint density at radius 3 is 2.85 bits per heavy atom. The van der Waals surface area contributed by atoms with Crippen molar-refractivity contribution in [2.75, 3.05) is 39.3 Å². The highest BCUT2D eigenvalue weighted by atomic mass is 19.3. The average Bonchev–Trinajstić information content (AvgIpc) is 2.96. The third kappa shape index (κ3) is 3.38. The maximum atomic E-state index is 13.1. The molecular weight excluding hydrogens is 268 g/mol. The van der Waals surface area contributed by atoms with E-state index in [1.807, 2.05) is 4.90 Å². The van der Waals surface area contributed by atoms with Crippen LogP contribution < -0.4 is 5.32 Å². The van der Waals surface area contributed by atoms with Crippen LogP contribution in [0.4, 0.5) is 8.78 Å². The van der Waals surface area contributed by atoms with Gasteiger partial charge in [0.25, 0.3) is 5.92 Å². The van der Waals surface area contributed by atoms with E-state index in [1.54, 1.807) is 0 Å². The van der Waals surface area contributed by atoms with Crippen molar-refractivity contribution in [3.05, 3.63) is 0 Å². The minimum Gasteiger partial charge on any atom is -0.470 e. The van der Waals surface area contributed by atoms with Crippen LogP contribution in [0.25, 0.3) is 0 Å². The number of halogens is 2. The van der Waals surface area contributed by atoms with Crippen LogP contribution in [0, 0.1) is 5.92 Å². The third-order valence-corrected chi connectivity index (χ3v) is 4.16. The summed E-state index contributed by atoms with van der Waals surface area (Å²) in [4.78, 5) is 7.28. The Hall–Kier alpha value is -0.950. The number of piperidine rings is 1. The minimum absolute atomic E-state index is 0.0614. The van der Waals surface area contributed by atoms with Gasteiger partial charge in [0.2, 0.25) is 5.90 Å². The third-order valence-electron chi connectivity index (χ3n) is 4.16. The zero-order valence-corrected chi connectivity index (χ0v) is 11.5. The van der Waals surface area contributed by atoms with Gasteiger partial charge in [-0.2, -0.15) is 0 Å². The molecule has 0 aromatic rings. The number of rotatable bonds is 3. The summed E-state index contributed by atoms with van der Waals surface area (Å²) in [6.07, 6.45) is 0.780. The van der Waals surface area contributed by atoms with Gasteiger partial charge in [-0.1, -0.05) is 5.16 Å². The van der Waals surface area contributed by atoms with Gasteiger partial charge in [0.1, 0.15) is 6.10 Å². The predicted molar refractivity (Wildman–Crippen MR) is 69.9 cm³/mol. The first-order valence-corrected chi connectivity index (χ1v) is 7.30. The average molecular weight is 289 g/mol. The monoisotopic (exact) mass is 289 g/mol. The number of hydrogen-bond acceptors (Lipinski definition) is 5. The highest BCUT2D eigenvalue weighted by Gasteiger charge is 2.36. The Morgan fingerprint density at radius 1 is 1.35 bits per heavy atom. The van der Waals surface area contributed by atoms with E-state index in [0.717, 1.165) is 19.5 Å². The van der Waals surface area contributed by atoms with Crippen LogP contribution in [0.3, 0.4) is 0 Å². The van der Waals surface area contributed by atoms with Crippen molar-refractivity contribution < 1.29 is 18.4 Å². The fourth-order valence-corrected chi connectivity index (χ4v) is 2.89. The molecule has 3 aliphatic heterocycles. The molecule has 7 heteroatoms. The van der Waals surface area contributed by atoms with E-state index in [9.17, 15) is 8.78 Å². The van der Waals surface area contributed by atoms with Crippen molar-refractivity contribution in [1.29, 1.82) is 0 Å². The van der Waals surface area contributed by atoms with Crippen LogP contribution in [0.15, 0.2) is 5.16 Å². The van der Waals surface area contributed by atoms with Gasteiger partial charge in [0.15, 0.2) is 6.61 Å². The number of nitrogens with zero attached hydrogens (tertiary/aromatic N) is 2. The van der Waals surface area contributed by atoms with Crippen LogP contribution >= 0.6 is 0 Å². The van der Waals surface area contributed by atoms with Gasteiger partial charge in [-0.25, -0.2) is 8.78 Å². The molecule has 3 heterocycles. The standard InChI is InChI=1S/C13H21F2N3O2/c14-13(15)2-5-18(6-3-13)8-11-9-19-17-12(20-11)10-1-4-16-7-10/h10-11,16H,1-9H2. The van der Waals surface area contributed by atoms with Gasteiger partial charge in [0.05, 0.1) is 5.92 Å². The van der Waals surface area contributed by atoms with Crippen molar-refractivity contribution in [2.24, 2.45) is 11.1 Å². The first-order valence-electron chi connectivity index (χ1n) is 7.30. The van der Waals surface area contributed by atoms with Crippen molar-refractivity contribution in [2.45, 2.75) is 31.3 Å². The first-order chi connectivity index (χ1) is 9.62. The highest BCUT2D eigenvalue weighted by Crippen LogP contribution is 2.28. The normalized spacial score (nSPS) is 34.2. The largest absolute Gasteiger partial charge is 0.470 e. The lowest BCUT2D eigenvalue weighted by atomic mass is 10.1. The van der Waals surface area contributed by atoms with E-state index >= 15 is 0 Å². The van der Waals surface area contributed by atoms with Crippen LogP contribution in [0.2, 0.25) is 0 Å². The van der Waals surface area contributed by atoms with Crippen molar-refractivity contribution in [3.8, 4) is 0 Å². The number of oxime groups is 1. The molecule has 2 fully saturated rings. The molecule has 2 saturated heterocycles. The van der Waals surface area contributed by atoms with Gasteiger partial charge in [-0.05, 0) is 13.0 Å². The highest BCUT2D eigenvalue weighted by molar-refractivity contribution is 5.79. The van der Waals surface area contributed by atoms with Crippen molar-refractivity contribution in [1.82, 2.24) is 10.2 Å². The first kappa shape index (κ1) is 14.0. The molecule has 0 spiro atoms. The lowest BCUT2D eigenvalue weighted by Gasteiger charge is -2.35. The number of hydrogen-bond donors (Lipinski definition) is 1. The number of alkyl halides is 2. The van der Waals surface area contributed by atoms with Crippen LogP contribution in [-0.4, -0.2) is 62.2 Å². The summed E-state index contributed by atoms with van der Waals surface area (Å²) in [5, 5.41) is 7.26. The SMILES string of the molecule is FC1(F)CCN(CC2CON=C(C3CCNC3)O2)CC1. The second-order valence-electron chi connectivity index (χ2n) is 5.81. The second-order valence-corrected chi connectivity index (χ2v) is 5.81. The van der Waals surface area contributed by atoms with E-state index in [2.05, 4.69) is 10.5 Å². The van der Waals surface area contributed by atoms with Crippen molar-refractivity contribution in [3.63, 3.8) is 0 Å². The Bertz CT molecular complexity index is 363. The molecule has 3 aliphatic rings. The maximum absolute atomic E-state index is 13.1. The van der Waals surface area contributed by atoms with Crippen LogP contribution in [0.1, 0.15) is 19.3 Å². The molecule has 0 saturated carbocycles. The molecular formula is C13H21F2N3O2. The fraction of sp³-hybridized carbons (Fsp3) is 0.923. The Morgan fingerprint density at radius 2 is 2.15 bits per heavy atom. The molecule has 0 radical (unpaired) electrons. The lowest BCUT2D eigenvalue weighted by Crippen LogP contribution is -2.46. The molecule has 0 bridgehead atoms. The molecule has 0 aromatic heterocycles. The van der Waals surface area contributed by atoms with Crippen molar-refractivity contribution >= 4 is 5.90 Å². The zero-order chi connectivity index (χ0) is 14.0. The summed E-state index contributed by atoms with van der Waals surface area (Å²) in [6, 6.07) is 0. The molecule has 1 N–H and O–H groups in total. The molecule has 0 aliphatic carbocycles. The molecule has 0 amide bonds. The Labute approximate surface area is 117 Å². The molecule has 2 atom stereocenters. The summed E-state index contributed by atoms with van der Waals surface area (Å²) in [7, 11) is 0. The molecule has 20 heavy (non-hydrogen) atoms. The van der Waals surface area contributed by atoms with Crippen LogP contribution in [0.5, 0.6) is 0 Å². The van der Waals surface area contributed by atoms with Gasteiger partial charge in [-0.15, -0.1) is 0 Å². The molecule has 5 nitrogen and oxygen atoms in total. The topological polar surface area (TPSA) is 46.1 Å². The van der Waals surface area contributed by atoms with E-state index in [-0.39, 0.29) is 24.9 Å². The summed E-state index contributed by atoms with van der Waals surface area (Å²) in [5.41, 5.74) is 0. The van der Waals surface area contributed by atoms with Crippen LogP contribution in [-0.2, 0) is 9.57 Å². The van der Waals surface area contributed by atoms with E-state index < -0.39 is 5.92 Å². The smallest absolute Gasteiger partial charge is 0.250 e. The predicted octanol–water partition coefficient (Wildman–Crippen LogP) is 1.06. The van der Waals surface area contributed by atoms with E-state index in [0.29, 0.717) is 32.1 Å².